The van der Waals surface area contributed by atoms with Gasteiger partial charge in [0.15, 0.2) is 5.78 Å². The molecule has 0 aliphatic carbocycles. The van der Waals surface area contributed by atoms with Gasteiger partial charge in [-0.15, -0.1) is 0 Å². The predicted molar refractivity (Wildman–Crippen MR) is 72.4 cm³/mol. The molecule has 0 spiro atoms. The Morgan fingerprint density at radius 2 is 1.74 bits per heavy atom. The maximum Gasteiger partial charge on any atom is 0.307 e. The zero-order valence-corrected chi connectivity index (χ0v) is 10.6. The molecule has 0 aliphatic heterocycles. The third kappa shape index (κ3) is 3.07. The molecule has 3 heteroatoms. The van der Waals surface area contributed by atoms with E-state index in [9.17, 15) is 9.59 Å². The number of ketones is 1. The van der Waals surface area contributed by atoms with Gasteiger partial charge < -0.3 is 5.11 Å². The van der Waals surface area contributed by atoms with E-state index < -0.39 is 5.97 Å². The molecule has 0 amide bonds. The predicted octanol–water partition coefficient (Wildman–Crippen LogP) is 2.85. The van der Waals surface area contributed by atoms with Crippen LogP contribution >= 0.6 is 0 Å². The topological polar surface area (TPSA) is 54.4 Å². The quantitative estimate of drug-likeness (QED) is 0.853. The largest absolute Gasteiger partial charge is 0.481 e. The summed E-state index contributed by atoms with van der Waals surface area (Å²) in [7, 11) is 0. The van der Waals surface area contributed by atoms with Crippen molar-refractivity contribution in [3.63, 3.8) is 0 Å². The van der Waals surface area contributed by atoms with Gasteiger partial charge >= 0.3 is 5.97 Å². The molecule has 0 heterocycles. The number of carboxylic acids is 1. The molecule has 2 rings (SSSR count). The van der Waals surface area contributed by atoms with Crippen molar-refractivity contribution in [2.45, 2.75) is 13.3 Å². The molecule has 1 N–H and O–H groups in total. The lowest BCUT2D eigenvalue weighted by Gasteiger charge is -2.08. The van der Waals surface area contributed by atoms with Crippen LogP contribution in [-0.4, -0.2) is 16.9 Å². The minimum atomic E-state index is -0.937. The number of hydrogen-bond acceptors (Lipinski definition) is 2. The fraction of sp³-hybridized carbons (Fsp3) is 0.125. The van der Waals surface area contributed by atoms with Crippen molar-refractivity contribution in [3.8, 4) is 0 Å². The van der Waals surface area contributed by atoms with Crippen molar-refractivity contribution in [1.82, 2.24) is 0 Å². The van der Waals surface area contributed by atoms with Crippen molar-refractivity contribution in [1.29, 1.82) is 0 Å². The van der Waals surface area contributed by atoms with Crippen molar-refractivity contribution < 1.29 is 14.7 Å². The van der Waals surface area contributed by atoms with Gasteiger partial charge in [-0.05, 0) is 12.5 Å². The van der Waals surface area contributed by atoms with Crippen LogP contribution in [0.15, 0.2) is 48.5 Å². The minimum Gasteiger partial charge on any atom is -0.481 e. The molecule has 96 valence electrons. The minimum absolute atomic E-state index is 0.142. The van der Waals surface area contributed by atoms with Gasteiger partial charge in [-0.1, -0.05) is 54.1 Å². The average molecular weight is 254 g/mol. The number of aliphatic carboxylic acids is 1. The third-order valence-electron chi connectivity index (χ3n) is 2.88. The maximum absolute atomic E-state index is 12.4. The van der Waals surface area contributed by atoms with E-state index in [1.165, 1.54) is 0 Å². The Kier molecular flexibility index (Phi) is 3.76. The van der Waals surface area contributed by atoms with Gasteiger partial charge in [0.25, 0.3) is 0 Å². The summed E-state index contributed by atoms with van der Waals surface area (Å²) in [5.74, 6) is -1.08. The monoisotopic (exact) mass is 254 g/mol. The van der Waals surface area contributed by atoms with Gasteiger partial charge in [0.1, 0.15) is 0 Å². The van der Waals surface area contributed by atoms with Gasteiger partial charge in [-0.2, -0.15) is 0 Å². The van der Waals surface area contributed by atoms with E-state index in [1.54, 1.807) is 36.4 Å². The van der Waals surface area contributed by atoms with Crippen LogP contribution in [0.2, 0.25) is 0 Å². The van der Waals surface area contributed by atoms with Crippen molar-refractivity contribution >= 4 is 11.8 Å². The Morgan fingerprint density at radius 1 is 1.05 bits per heavy atom. The Balaban J connectivity index is 2.44. The fourth-order valence-electron chi connectivity index (χ4n) is 2.00. The number of aryl methyl sites for hydroxylation is 1. The Bertz CT molecular complexity index is 615. The van der Waals surface area contributed by atoms with Crippen LogP contribution < -0.4 is 0 Å². The summed E-state index contributed by atoms with van der Waals surface area (Å²) in [6, 6.07) is 14.1. The molecule has 0 fully saturated rings. The summed E-state index contributed by atoms with van der Waals surface area (Å²) >= 11 is 0. The second-order valence-corrected chi connectivity index (χ2v) is 4.43. The molecule has 0 unspecified atom stereocenters. The summed E-state index contributed by atoms with van der Waals surface area (Å²) in [4.78, 5) is 23.2. The molecule has 0 radical (unpaired) electrons. The van der Waals surface area contributed by atoms with Crippen molar-refractivity contribution in [2.24, 2.45) is 0 Å². The Labute approximate surface area is 111 Å². The average Bonchev–Trinajstić information content (AvgIpc) is 2.38. The summed E-state index contributed by atoms with van der Waals surface area (Å²) in [5.41, 5.74) is 2.53. The number of carbonyl (C=O) groups is 2. The highest BCUT2D eigenvalue weighted by atomic mass is 16.4. The van der Waals surface area contributed by atoms with Crippen LogP contribution in [0.5, 0.6) is 0 Å². The van der Waals surface area contributed by atoms with Crippen molar-refractivity contribution in [3.05, 3.63) is 70.8 Å². The van der Waals surface area contributed by atoms with Gasteiger partial charge in [0.2, 0.25) is 0 Å². The third-order valence-corrected chi connectivity index (χ3v) is 2.88. The standard InChI is InChI=1S/C16H14O3/c1-11-7-8-14(13(9-11)10-15(17)18)16(19)12-5-3-2-4-6-12/h2-9H,10H2,1H3,(H,17,18). The molecule has 0 saturated carbocycles. The summed E-state index contributed by atoms with van der Waals surface area (Å²) in [5, 5.41) is 8.92. The number of benzene rings is 2. The highest BCUT2D eigenvalue weighted by Gasteiger charge is 2.15. The normalized spacial score (nSPS) is 10.2. The second-order valence-electron chi connectivity index (χ2n) is 4.43. The van der Waals surface area contributed by atoms with E-state index in [2.05, 4.69) is 0 Å². The van der Waals surface area contributed by atoms with Crippen LogP contribution in [0, 0.1) is 6.92 Å². The van der Waals surface area contributed by atoms with Crippen LogP contribution in [0.25, 0.3) is 0 Å². The maximum atomic E-state index is 12.4. The van der Waals surface area contributed by atoms with E-state index in [0.717, 1.165) is 5.56 Å². The molecule has 0 aliphatic rings. The first-order valence-electron chi connectivity index (χ1n) is 5.99. The van der Waals surface area contributed by atoms with E-state index in [4.69, 9.17) is 5.11 Å². The smallest absolute Gasteiger partial charge is 0.307 e. The van der Waals surface area contributed by atoms with E-state index in [1.807, 2.05) is 19.1 Å². The van der Waals surface area contributed by atoms with Gasteiger partial charge in [0, 0.05) is 11.1 Å². The number of carbonyl (C=O) groups excluding carboxylic acids is 1. The molecule has 2 aromatic carbocycles. The van der Waals surface area contributed by atoms with Gasteiger partial charge in [0.05, 0.1) is 6.42 Å². The lowest BCUT2D eigenvalue weighted by Crippen LogP contribution is -2.09. The SMILES string of the molecule is Cc1ccc(C(=O)c2ccccc2)c(CC(=O)O)c1. The van der Waals surface area contributed by atoms with Crippen LogP contribution in [0.3, 0.4) is 0 Å². The van der Waals surface area contributed by atoms with Gasteiger partial charge in [-0.3, -0.25) is 9.59 Å². The first-order valence-corrected chi connectivity index (χ1v) is 5.99. The van der Waals surface area contributed by atoms with E-state index in [0.29, 0.717) is 16.7 Å². The Morgan fingerprint density at radius 3 is 2.37 bits per heavy atom. The van der Waals surface area contributed by atoms with E-state index in [-0.39, 0.29) is 12.2 Å². The lowest BCUT2D eigenvalue weighted by atomic mass is 9.95. The molecule has 0 atom stereocenters. The van der Waals surface area contributed by atoms with E-state index >= 15 is 0 Å². The fourth-order valence-corrected chi connectivity index (χ4v) is 2.00. The first kappa shape index (κ1) is 13.0. The van der Waals surface area contributed by atoms with Gasteiger partial charge in [-0.25, -0.2) is 0 Å². The summed E-state index contributed by atoms with van der Waals surface area (Å²) in [6.45, 7) is 1.88. The second kappa shape index (κ2) is 5.48. The highest BCUT2D eigenvalue weighted by Crippen LogP contribution is 2.17. The molecular weight excluding hydrogens is 240 g/mol. The van der Waals surface area contributed by atoms with Crippen LogP contribution in [0.4, 0.5) is 0 Å². The first-order chi connectivity index (χ1) is 9.08. The molecule has 0 aromatic heterocycles. The molecule has 0 bridgehead atoms. The Hall–Kier alpha value is -2.42. The molecule has 19 heavy (non-hydrogen) atoms. The number of carboxylic acid groups (broad SMARTS) is 1. The molecular formula is C16H14O3. The molecule has 3 nitrogen and oxygen atoms in total. The molecule has 0 saturated heterocycles. The van der Waals surface area contributed by atoms with Crippen LogP contribution in [0.1, 0.15) is 27.0 Å². The summed E-state index contributed by atoms with van der Waals surface area (Å²) < 4.78 is 0. The number of hydrogen-bond donors (Lipinski definition) is 1. The number of rotatable bonds is 4. The molecule has 2 aromatic rings. The zero-order chi connectivity index (χ0) is 13.8. The lowest BCUT2D eigenvalue weighted by molar-refractivity contribution is -0.136. The van der Waals surface area contributed by atoms with Crippen LogP contribution in [-0.2, 0) is 11.2 Å². The highest BCUT2D eigenvalue weighted by molar-refractivity contribution is 6.10. The zero-order valence-electron chi connectivity index (χ0n) is 10.6. The summed E-state index contributed by atoms with van der Waals surface area (Å²) in [6.07, 6.45) is -0.143. The van der Waals surface area contributed by atoms with Crippen molar-refractivity contribution in [2.75, 3.05) is 0 Å².